The summed E-state index contributed by atoms with van der Waals surface area (Å²) in [6.07, 6.45) is 0. The number of rotatable bonds is 5. The molecule has 0 heterocycles. The van der Waals surface area contributed by atoms with Crippen molar-refractivity contribution in [2.75, 3.05) is 13.2 Å². The number of hydrogen-bond donors (Lipinski definition) is 1. The minimum absolute atomic E-state index is 0.136. The Kier molecular flexibility index (Phi) is 4.99. The SMILES string of the molecule is CCOC(=O)C(C)(C)CNC(C)C. The predicted octanol–water partition coefficient (Wildman–Crippen LogP) is 1.57. The van der Waals surface area contributed by atoms with Crippen molar-refractivity contribution in [2.24, 2.45) is 5.41 Å². The number of ether oxygens (including phenoxy) is 1. The lowest BCUT2D eigenvalue weighted by Crippen LogP contribution is -2.39. The molecule has 0 saturated heterocycles. The average molecular weight is 187 g/mol. The molecule has 78 valence electrons. The van der Waals surface area contributed by atoms with Crippen LogP contribution in [0, 0.1) is 5.41 Å². The molecule has 0 unspecified atom stereocenters. The van der Waals surface area contributed by atoms with Gasteiger partial charge < -0.3 is 10.1 Å². The highest BCUT2D eigenvalue weighted by Crippen LogP contribution is 2.15. The van der Waals surface area contributed by atoms with E-state index >= 15 is 0 Å². The minimum atomic E-state index is -0.430. The Morgan fingerprint density at radius 1 is 1.46 bits per heavy atom. The molecule has 3 nitrogen and oxygen atoms in total. The molecule has 0 spiro atoms. The predicted molar refractivity (Wildman–Crippen MR) is 53.6 cm³/mol. The molecule has 0 amide bonds. The quantitative estimate of drug-likeness (QED) is 0.664. The maximum absolute atomic E-state index is 11.4. The average Bonchev–Trinajstić information content (AvgIpc) is 2.01. The summed E-state index contributed by atoms with van der Waals surface area (Å²) in [7, 11) is 0. The molecule has 0 aromatic heterocycles. The van der Waals surface area contributed by atoms with Crippen LogP contribution in [0.2, 0.25) is 0 Å². The fourth-order valence-electron chi connectivity index (χ4n) is 0.858. The van der Waals surface area contributed by atoms with E-state index in [2.05, 4.69) is 19.2 Å². The van der Waals surface area contributed by atoms with Crippen molar-refractivity contribution in [3.8, 4) is 0 Å². The first-order valence-corrected chi connectivity index (χ1v) is 4.80. The molecular weight excluding hydrogens is 166 g/mol. The van der Waals surface area contributed by atoms with Crippen LogP contribution in [0.5, 0.6) is 0 Å². The van der Waals surface area contributed by atoms with Gasteiger partial charge in [-0.1, -0.05) is 13.8 Å². The van der Waals surface area contributed by atoms with Crippen LogP contribution in [0.15, 0.2) is 0 Å². The largest absolute Gasteiger partial charge is 0.466 e. The third kappa shape index (κ3) is 4.88. The Morgan fingerprint density at radius 2 is 2.00 bits per heavy atom. The Labute approximate surface area is 80.8 Å². The van der Waals surface area contributed by atoms with Gasteiger partial charge in [-0.05, 0) is 20.8 Å². The topological polar surface area (TPSA) is 38.3 Å². The van der Waals surface area contributed by atoms with E-state index in [1.807, 2.05) is 20.8 Å². The molecule has 0 atom stereocenters. The molecule has 0 aliphatic carbocycles. The lowest BCUT2D eigenvalue weighted by molar-refractivity contribution is -0.153. The molecule has 0 rings (SSSR count). The Morgan fingerprint density at radius 3 is 2.38 bits per heavy atom. The fourth-order valence-corrected chi connectivity index (χ4v) is 0.858. The van der Waals surface area contributed by atoms with Crippen molar-refractivity contribution in [1.29, 1.82) is 0 Å². The molecule has 0 aliphatic heterocycles. The number of carbonyl (C=O) groups excluding carboxylic acids is 1. The van der Waals surface area contributed by atoms with Gasteiger partial charge in [0.1, 0.15) is 0 Å². The van der Waals surface area contributed by atoms with Crippen LogP contribution < -0.4 is 5.32 Å². The van der Waals surface area contributed by atoms with E-state index in [1.165, 1.54) is 0 Å². The lowest BCUT2D eigenvalue weighted by atomic mass is 9.93. The van der Waals surface area contributed by atoms with Crippen LogP contribution in [0.25, 0.3) is 0 Å². The lowest BCUT2D eigenvalue weighted by Gasteiger charge is -2.23. The molecular formula is C10H21NO2. The van der Waals surface area contributed by atoms with E-state index in [0.717, 1.165) is 0 Å². The van der Waals surface area contributed by atoms with Crippen LogP contribution in [-0.2, 0) is 9.53 Å². The molecule has 0 fully saturated rings. The molecule has 0 aromatic rings. The highest BCUT2D eigenvalue weighted by Gasteiger charge is 2.28. The van der Waals surface area contributed by atoms with Gasteiger partial charge in [0, 0.05) is 12.6 Å². The third-order valence-corrected chi connectivity index (χ3v) is 1.78. The van der Waals surface area contributed by atoms with Gasteiger partial charge in [-0.3, -0.25) is 4.79 Å². The molecule has 13 heavy (non-hydrogen) atoms. The van der Waals surface area contributed by atoms with Crippen LogP contribution in [0.4, 0.5) is 0 Å². The molecule has 0 aromatic carbocycles. The van der Waals surface area contributed by atoms with Gasteiger partial charge >= 0.3 is 5.97 Å². The molecule has 3 heteroatoms. The second-order valence-corrected chi connectivity index (χ2v) is 4.14. The summed E-state index contributed by atoms with van der Waals surface area (Å²) in [5, 5.41) is 3.22. The van der Waals surface area contributed by atoms with Crippen LogP contribution in [0.1, 0.15) is 34.6 Å². The fraction of sp³-hybridized carbons (Fsp3) is 0.900. The van der Waals surface area contributed by atoms with Gasteiger partial charge in [-0.15, -0.1) is 0 Å². The molecule has 0 bridgehead atoms. The summed E-state index contributed by atoms with van der Waals surface area (Å²) in [5.41, 5.74) is -0.430. The van der Waals surface area contributed by atoms with Gasteiger partial charge in [-0.2, -0.15) is 0 Å². The van der Waals surface area contributed by atoms with Gasteiger partial charge in [0.25, 0.3) is 0 Å². The molecule has 1 N–H and O–H groups in total. The van der Waals surface area contributed by atoms with Crippen LogP contribution in [0.3, 0.4) is 0 Å². The van der Waals surface area contributed by atoms with E-state index in [9.17, 15) is 4.79 Å². The zero-order chi connectivity index (χ0) is 10.5. The summed E-state index contributed by atoms with van der Waals surface area (Å²) in [6.45, 7) is 10.8. The third-order valence-electron chi connectivity index (χ3n) is 1.78. The minimum Gasteiger partial charge on any atom is -0.466 e. The molecule has 0 radical (unpaired) electrons. The second-order valence-electron chi connectivity index (χ2n) is 4.14. The number of esters is 1. The first-order valence-electron chi connectivity index (χ1n) is 4.80. The highest BCUT2D eigenvalue weighted by atomic mass is 16.5. The maximum Gasteiger partial charge on any atom is 0.312 e. The summed E-state index contributed by atoms with van der Waals surface area (Å²) >= 11 is 0. The smallest absolute Gasteiger partial charge is 0.312 e. The first kappa shape index (κ1) is 12.4. The summed E-state index contributed by atoms with van der Waals surface area (Å²) in [4.78, 5) is 11.4. The van der Waals surface area contributed by atoms with Crippen molar-refractivity contribution >= 4 is 5.97 Å². The van der Waals surface area contributed by atoms with Crippen LogP contribution >= 0.6 is 0 Å². The Hall–Kier alpha value is -0.570. The van der Waals surface area contributed by atoms with Gasteiger partial charge in [0.05, 0.1) is 12.0 Å². The van der Waals surface area contributed by atoms with E-state index in [1.54, 1.807) is 0 Å². The van der Waals surface area contributed by atoms with Crippen molar-refractivity contribution in [1.82, 2.24) is 5.32 Å². The number of hydrogen-bond acceptors (Lipinski definition) is 3. The van der Waals surface area contributed by atoms with E-state index < -0.39 is 5.41 Å². The zero-order valence-corrected chi connectivity index (χ0v) is 9.31. The molecule has 0 saturated carbocycles. The number of nitrogens with one attached hydrogen (secondary N) is 1. The Balaban J connectivity index is 3.98. The van der Waals surface area contributed by atoms with Crippen LogP contribution in [-0.4, -0.2) is 25.2 Å². The summed E-state index contributed by atoms with van der Waals surface area (Å²) < 4.78 is 4.96. The Bertz CT molecular complexity index is 164. The van der Waals surface area contributed by atoms with Crippen molar-refractivity contribution in [2.45, 2.75) is 40.7 Å². The first-order chi connectivity index (χ1) is 5.90. The van der Waals surface area contributed by atoms with Crippen molar-refractivity contribution < 1.29 is 9.53 Å². The van der Waals surface area contributed by atoms with E-state index in [4.69, 9.17) is 4.74 Å². The standard InChI is InChI=1S/C10H21NO2/c1-6-13-9(12)10(4,5)7-11-8(2)3/h8,11H,6-7H2,1-5H3. The number of carbonyl (C=O) groups is 1. The van der Waals surface area contributed by atoms with Crippen molar-refractivity contribution in [3.05, 3.63) is 0 Å². The summed E-state index contributed by atoms with van der Waals surface area (Å²) in [6, 6.07) is 0.397. The zero-order valence-electron chi connectivity index (χ0n) is 9.31. The van der Waals surface area contributed by atoms with E-state index in [0.29, 0.717) is 19.2 Å². The monoisotopic (exact) mass is 187 g/mol. The van der Waals surface area contributed by atoms with Gasteiger partial charge in [-0.25, -0.2) is 0 Å². The summed E-state index contributed by atoms with van der Waals surface area (Å²) in [5.74, 6) is -0.136. The highest BCUT2D eigenvalue weighted by molar-refractivity contribution is 5.76. The van der Waals surface area contributed by atoms with Gasteiger partial charge in [0.2, 0.25) is 0 Å². The maximum atomic E-state index is 11.4. The van der Waals surface area contributed by atoms with E-state index in [-0.39, 0.29) is 5.97 Å². The van der Waals surface area contributed by atoms with Crippen molar-refractivity contribution in [3.63, 3.8) is 0 Å². The second kappa shape index (κ2) is 5.22. The normalized spacial score (nSPS) is 11.8. The van der Waals surface area contributed by atoms with Gasteiger partial charge in [0.15, 0.2) is 0 Å². The molecule has 0 aliphatic rings.